The summed E-state index contributed by atoms with van der Waals surface area (Å²) in [5.41, 5.74) is 11.4. The van der Waals surface area contributed by atoms with Gasteiger partial charge in [0.1, 0.15) is 0 Å². The van der Waals surface area contributed by atoms with Crippen molar-refractivity contribution in [3.05, 3.63) is 67.4 Å². The lowest BCUT2D eigenvalue weighted by atomic mass is 9.96. The van der Waals surface area contributed by atoms with Crippen molar-refractivity contribution < 1.29 is 29.4 Å². The van der Waals surface area contributed by atoms with E-state index in [0.29, 0.717) is 62.0 Å². The minimum absolute atomic E-state index is 0.0329. The maximum Gasteiger partial charge on any atom is 0.303 e. The zero-order valence-electron chi connectivity index (χ0n) is 26.1. The lowest BCUT2D eigenvalue weighted by Gasteiger charge is -2.08. The topological polar surface area (TPSA) is 165 Å². The number of aliphatic carboxylic acids is 2. The minimum atomic E-state index is -0.895. The van der Waals surface area contributed by atoms with Gasteiger partial charge in [-0.1, -0.05) is 6.92 Å². The molecule has 0 aromatic carbocycles. The molecule has 0 saturated heterocycles. The Morgan fingerprint density at radius 3 is 1.86 bits per heavy atom. The van der Waals surface area contributed by atoms with Gasteiger partial charge in [-0.15, -0.1) is 0 Å². The molecule has 1 atom stereocenters. The lowest BCUT2D eigenvalue weighted by Crippen LogP contribution is -2.20. The van der Waals surface area contributed by atoms with Crippen LogP contribution in [0.5, 0.6) is 0 Å². The van der Waals surface area contributed by atoms with E-state index < -0.39 is 11.9 Å². The van der Waals surface area contributed by atoms with Gasteiger partial charge in [0.15, 0.2) is 0 Å². The minimum Gasteiger partial charge on any atom is -0.481 e. The highest BCUT2D eigenvalue weighted by Gasteiger charge is 2.30. The van der Waals surface area contributed by atoms with Gasteiger partial charge < -0.3 is 25.5 Å². The Hall–Kier alpha value is -3.86. The third kappa shape index (κ3) is 6.93. The van der Waals surface area contributed by atoms with Crippen LogP contribution in [0.25, 0.3) is 0 Å². The maximum atomic E-state index is 12.5. The van der Waals surface area contributed by atoms with Gasteiger partial charge in [-0.3, -0.25) is 19.2 Å². The van der Waals surface area contributed by atoms with Crippen LogP contribution >= 0.6 is 12.6 Å². The monoisotopic (exact) mass is 622 g/mol. The third-order valence-corrected chi connectivity index (χ3v) is 9.29. The molecular formula is C33H42N4O6S. The van der Waals surface area contributed by atoms with Crippen LogP contribution in [0, 0.1) is 19.8 Å². The molecule has 4 heterocycles. The Bertz CT molecular complexity index is 1610. The number of carboxylic acid groups (broad SMARTS) is 2. The molecule has 0 aliphatic carbocycles. The van der Waals surface area contributed by atoms with Crippen molar-refractivity contribution in [2.24, 2.45) is 10.9 Å². The number of carbonyl (C=O) groups excluding carboxylic acids is 2. The maximum absolute atomic E-state index is 12.5. The van der Waals surface area contributed by atoms with Gasteiger partial charge in [0.25, 0.3) is 5.91 Å². The number of aromatic amines is 2. The Kier molecular flexibility index (Phi) is 10.4. The number of hydrogen-bond acceptors (Lipinski definition) is 5. The van der Waals surface area contributed by atoms with Crippen molar-refractivity contribution in [2.45, 2.75) is 92.4 Å². The lowest BCUT2D eigenvalue weighted by molar-refractivity contribution is -0.138. The number of allylic oxidation sites excluding steroid dienone is 2. The molecule has 44 heavy (non-hydrogen) atoms. The molecule has 10 nitrogen and oxygen atoms in total. The number of carbonyl (C=O) groups is 4. The van der Waals surface area contributed by atoms with Crippen LogP contribution < -0.4 is 5.32 Å². The number of nitrogens with zero attached hydrogens (tertiary/aromatic N) is 1. The molecule has 0 spiro atoms. The van der Waals surface area contributed by atoms with E-state index in [-0.39, 0.29) is 30.6 Å². The van der Waals surface area contributed by atoms with Gasteiger partial charge in [0, 0.05) is 66.1 Å². The summed E-state index contributed by atoms with van der Waals surface area (Å²) in [4.78, 5) is 59.4. The molecule has 0 saturated carbocycles. The number of carboxylic acids is 2. The van der Waals surface area contributed by atoms with E-state index in [9.17, 15) is 29.4 Å². The fourth-order valence-corrected chi connectivity index (χ4v) is 6.68. The molecule has 11 heteroatoms. The van der Waals surface area contributed by atoms with E-state index in [2.05, 4.69) is 32.9 Å². The van der Waals surface area contributed by atoms with Gasteiger partial charge in [-0.05, 0) is 92.5 Å². The summed E-state index contributed by atoms with van der Waals surface area (Å²) >= 11 is 4.38. The number of thiol groups is 1. The quantitative estimate of drug-likeness (QED) is 0.157. The second-order valence-corrected chi connectivity index (χ2v) is 12.1. The van der Waals surface area contributed by atoms with E-state index in [4.69, 9.17) is 0 Å². The van der Waals surface area contributed by atoms with E-state index in [1.165, 1.54) is 0 Å². The first-order chi connectivity index (χ1) is 20.9. The Labute approximate surface area is 262 Å². The second kappa shape index (κ2) is 13.8. The number of rotatable bonds is 15. The molecule has 4 rings (SSSR count). The summed E-state index contributed by atoms with van der Waals surface area (Å²) in [6.45, 7) is 9.67. The first-order valence-electron chi connectivity index (χ1n) is 15.1. The van der Waals surface area contributed by atoms with Crippen molar-refractivity contribution in [3.63, 3.8) is 0 Å². The van der Waals surface area contributed by atoms with Gasteiger partial charge in [0.05, 0.1) is 11.6 Å². The van der Waals surface area contributed by atoms with Crippen LogP contribution in [-0.4, -0.2) is 55.4 Å². The number of hydrogen-bond donors (Lipinski definition) is 6. The van der Waals surface area contributed by atoms with Crippen molar-refractivity contribution in [3.8, 4) is 0 Å². The molecule has 2 aliphatic rings. The average molecular weight is 623 g/mol. The largest absolute Gasteiger partial charge is 0.481 e. The molecule has 2 amide bonds. The molecular weight excluding hydrogens is 580 g/mol. The van der Waals surface area contributed by atoms with Crippen LogP contribution in [0.1, 0.15) is 91.5 Å². The second-order valence-electron chi connectivity index (χ2n) is 11.7. The zero-order chi connectivity index (χ0) is 32.3. The van der Waals surface area contributed by atoms with E-state index >= 15 is 0 Å². The van der Waals surface area contributed by atoms with Crippen LogP contribution in [0.15, 0.2) is 27.4 Å². The van der Waals surface area contributed by atoms with Crippen molar-refractivity contribution >= 4 is 42.1 Å². The zero-order valence-corrected chi connectivity index (χ0v) is 27.0. The van der Waals surface area contributed by atoms with Crippen molar-refractivity contribution in [2.75, 3.05) is 5.75 Å². The van der Waals surface area contributed by atoms with Crippen LogP contribution in [-0.2, 0) is 51.3 Å². The van der Waals surface area contributed by atoms with Gasteiger partial charge in [0.2, 0.25) is 5.91 Å². The average Bonchev–Trinajstić information content (AvgIpc) is 3.60. The summed E-state index contributed by atoms with van der Waals surface area (Å²) in [5.74, 6) is -1.62. The van der Waals surface area contributed by atoms with E-state index in [1.54, 1.807) is 0 Å². The third-order valence-electron chi connectivity index (χ3n) is 9.06. The van der Waals surface area contributed by atoms with Crippen LogP contribution in [0.4, 0.5) is 0 Å². The molecule has 0 radical (unpaired) electrons. The summed E-state index contributed by atoms with van der Waals surface area (Å²) in [7, 11) is 0. The number of aliphatic imine (C=N–C) groups is 1. The highest BCUT2D eigenvalue weighted by Crippen LogP contribution is 2.32. The van der Waals surface area contributed by atoms with Gasteiger partial charge >= 0.3 is 11.9 Å². The Morgan fingerprint density at radius 2 is 1.39 bits per heavy atom. The molecule has 0 unspecified atom stereocenters. The number of aromatic nitrogens is 2. The predicted molar refractivity (Wildman–Crippen MR) is 171 cm³/mol. The summed E-state index contributed by atoms with van der Waals surface area (Å²) in [6, 6.07) is 0. The predicted octanol–water partition coefficient (Wildman–Crippen LogP) is 4.72. The Morgan fingerprint density at radius 1 is 0.841 bits per heavy atom. The van der Waals surface area contributed by atoms with Crippen molar-refractivity contribution in [1.29, 1.82) is 0 Å². The molecule has 236 valence electrons. The van der Waals surface area contributed by atoms with Crippen LogP contribution in [0.2, 0.25) is 0 Å². The highest BCUT2D eigenvalue weighted by molar-refractivity contribution is 7.80. The number of nitrogens with one attached hydrogen (secondary N) is 3. The first kappa shape index (κ1) is 33.0. The smallest absolute Gasteiger partial charge is 0.303 e. The summed E-state index contributed by atoms with van der Waals surface area (Å²) in [5, 5.41) is 22.0. The standard InChI is InChI=1S/C33H42N4O6S/c1-6-20-16(2)26(36-33(20)43)13-24-17(3)21(7-9-30(38)39)27(34-24)15-28-22(8-10-31(40)41)18(4)25(35-28)14-29-23(11-12-44)19(5)32(42)37-29/h19,34-35,44H,6-15H2,1-5H3,(H,37,42)(H,38,39)(H,40,41)/t19-/m1/s1. The van der Waals surface area contributed by atoms with Crippen molar-refractivity contribution in [1.82, 2.24) is 15.3 Å². The molecule has 5 N–H and O–H groups in total. The fourth-order valence-electron chi connectivity index (χ4n) is 6.44. The van der Waals surface area contributed by atoms with E-state index in [0.717, 1.165) is 61.9 Å². The van der Waals surface area contributed by atoms with Gasteiger partial charge in [-0.25, -0.2) is 4.99 Å². The number of amides is 2. The highest BCUT2D eigenvalue weighted by atomic mass is 32.1. The van der Waals surface area contributed by atoms with E-state index in [1.807, 2.05) is 34.6 Å². The molecule has 0 bridgehead atoms. The summed E-state index contributed by atoms with van der Waals surface area (Å²) in [6.07, 6.45) is 3.21. The molecule has 2 aliphatic heterocycles. The fraction of sp³-hybridized carbons (Fsp3) is 0.485. The first-order valence-corrected chi connectivity index (χ1v) is 15.8. The SMILES string of the molecule is CCC1=C(C)C(Cc2[nH]c(Cc3[nH]c(CC4=C(CCS)[C@@H](C)C(=O)N4)c(C)c3CCC(=O)O)c(CCC(=O)O)c2C)=NC1=O. The summed E-state index contributed by atoms with van der Waals surface area (Å²) < 4.78 is 0. The normalized spacial score (nSPS) is 16.8. The molecule has 0 fully saturated rings. The van der Waals surface area contributed by atoms with Crippen LogP contribution in [0.3, 0.4) is 0 Å². The molecule has 2 aromatic heterocycles. The number of H-pyrrole nitrogens is 2. The Balaban J connectivity index is 1.73. The molecule has 2 aromatic rings. The van der Waals surface area contributed by atoms with Gasteiger partial charge in [-0.2, -0.15) is 12.6 Å².